The number of halogens is 1. The molecule has 0 radical (unpaired) electrons. The lowest BCUT2D eigenvalue weighted by Gasteiger charge is -2.38. The SMILES string of the molecule is COCCCOc1nn(C2CCC(N3CCOCC3)CC2)cc1Nc1ncc(-c2ccc(Cl)c(O[C@@H](C)Cn3cnnn3)c2)cn1. The number of ether oxygens (including phenoxy) is 4. The lowest BCUT2D eigenvalue weighted by Crippen LogP contribution is -2.45. The van der Waals surface area contributed by atoms with Crippen molar-refractivity contribution in [1.82, 2.24) is 44.9 Å². The zero-order valence-electron chi connectivity index (χ0n) is 26.3. The van der Waals surface area contributed by atoms with Crippen molar-refractivity contribution >= 4 is 23.2 Å². The van der Waals surface area contributed by atoms with E-state index in [1.54, 1.807) is 36.6 Å². The Morgan fingerprint density at radius 2 is 1.83 bits per heavy atom. The van der Waals surface area contributed by atoms with Crippen LogP contribution in [0.25, 0.3) is 11.1 Å². The second kappa shape index (κ2) is 15.6. The van der Waals surface area contributed by atoms with Gasteiger partial charge in [-0.3, -0.25) is 9.58 Å². The van der Waals surface area contributed by atoms with E-state index in [1.807, 2.05) is 29.9 Å². The minimum Gasteiger partial charge on any atom is -0.487 e. The van der Waals surface area contributed by atoms with Gasteiger partial charge in [0.1, 0.15) is 23.9 Å². The lowest BCUT2D eigenvalue weighted by molar-refractivity contribution is 0.00503. The molecule has 0 amide bonds. The van der Waals surface area contributed by atoms with Crippen LogP contribution in [-0.4, -0.2) is 104 Å². The quantitative estimate of drug-likeness (QED) is 0.193. The summed E-state index contributed by atoms with van der Waals surface area (Å²) in [7, 11) is 1.69. The Kier molecular flexibility index (Phi) is 10.9. The fourth-order valence-electron chi connectivity index (χ4n) is 5.97. The van der Waals surface area contributed by atoms with Crippen LogP contribution in [0.1, 0.15) is 45.1 Å². The number of anilines is 2. The van der Waals surface area contributed by atoms with E-state index < -0.39 is 0 Å². The summed E-state index contributed by atoms with van der Waals surface area (Å²) in [6.45, 7) is 7.26. The number of nitrogens with one attached hydrogen (secondary N) is 1. The molecule has 1 saturated carbocycles. The predicted octanol–water partition coefficient (Wildman–Crippen LogP) is 4.42. The molecule has 6 rings (SSSR count). The van der Waals surface area contributed by atoms with Gasteiger partial charge < -0.3 is 24.3 Å². The van der Waals surface area contributed by atoms with E-state index in [-0.39, 0.29) is 6.10 Å². The van der Waals surface area contributed by atoms with Gasteiger partial charge in [0.05, 0.1) is 43.6 Å². The highest BCUT2D eigenvalue weighted by atomic mass is 35.5. The normalized spacial score (nSPS) is 19.5. The van der Waals surface area contributed by atoms with Crippen LogP contribution < -0.4 is 14.8 Å². The topological polar surface area (TPSA) is 139 Å². The van der Waals surface area contributed by atoms with Crippen LogP contribution in [0.2, 0.25) is 5.02 Å². The molecule has 1 aromatic carbocycles. The van der Waals surface area contributed by atoms with Crippen LogP contribution in [0.4, 0.5) is 11.6 Å². The molecule has 1 N–H and O–H groups in total. The summed E-state index contributed by atoms with van der Waals surface area (Å²) in [6.07, 6.45) is 12.1. The molecule has 1 aliphatic carbocycles. The van der Waals surface area contributed by atoms with Crippen molar-refractivity contribution in [2.75, 3.05) is 51.9 Å². The van der Waals surface area contributed by atoms with Gasteiger partial charge in [0.25, 0.3) is 5.88 Å². The Labute approximate surface area is 273 Å². The first-order valence-electron chi connectivity index (χ1n) is 15.8. The molecule has 14 nitrogen and oxygen atoms in total. The fourth-order valence-corrected chi connectivity index (χ4v) is 6.14. The van der Waals surface area contributed by atoms with Crippen molar-refractivity contribution in [3.63, 3.8) is 0 Å². The summed E-state index contributed by atoms with van der Waals surface area (Å²) < 4.78 is 26.6. The third-order valence-electron chi connectivity index (χ3n) is 8.36. The van der Waals surface area contributed by atoms with Gasteiger partial charge in [-0.05, 0) is 60.7 Å². The van der Waals surface area contributed by atoms with Crippen molar-refractivity contribution in [2.45, 2.75) is 63.8 Å². The molecule has 2 aliphatic rings. The van der Waals surface area contributed by atoms with Gasteiger partial charge in [-0.25, -0.2) is 14.6 Å². The number of rotatable bonds is 14. The maximum absolute atomic E-state index is 6.45. The summed E-state index contributed by atoms with van der Waals surface area (Å²) in [5.41, 5.74) is 2.44. The van der Waals surface area contributed by atoms with Crippen molar-refractivity contribution in [3.8, 4) is 22.8 Å². The molecule has 46 heavy (non-hydrogen) atoms. The van der Waals surface area contributed by atoms with Crippen LogP contribution in [0, 0.1) is 0 Å². The molecule has 15 heteroatoms. The maximum atomic E-state index is 6.45. The first-order valence-corrected chi connectivity index (χ1v) is 16.2. The van der Waals surface area contributed by atoms with Crippen LogP contribution in [0.15, 0.2) is 43.1 Å². The third kappa shape index (κ3) is 8.29. The van der Waals surface area contributed by atoms with Crippen LogP contribution in [0.5, 0.6) is 11.6 Å². The highest BCUT2D eigenvalue weighted by Crippen LogP contribution is 2.35. The van der Waals surface area contributed by atoms with Crippen molar-refractivity contribution in [3.05, 3.63) is 48.1 Å². The number of hydrogen-bond acceptors (Lipinski definition) is 12. The summed E-state index contributed by atoms with van der Waals surface area (Å²) in [4.78, 5) is 11.8. The molecule has 1 atom stereocenters. The maximum Gasteiger partial charge on any atom is 0.256 e. The highest BCUT2D eigenvalue weighted by Gasteiger charge is 2.29. The van der Waals surface area contributed by atoms with Crippen LogP contribution >= 0.6 is 11.6 Å². The molecule has 4 heterocycles. The molecule has 1 aliphatic heterocycles. The Hall–Kier alpha value is -3.85. The summed E-state index contributed by atoms with van der Waals surface area (Å²) in [6, 6.07) is 6.53. The van der Waals surface area contributed by atoms with Gasteiger partial charge >= 0.3 is 0 Å². The average Bonchev–Trinajstić information content (AvgIpc) is 3.75. The minimum atomic E-state index is -0.203. The fraction of sp³-hybridized carbons (Fsp3) is 0.548. The average molecular weight is 653 g/mol. The third-order valence-corrected chi connectivity index (χ3v) is 8.67. The standard InChI is InChI=1S/C31H41ClN10O4/c1-22(19-41-21-35-38-39-41)46-29-16-23(4-9-27(29)32)24-17-33-31(34-18-24)36-28-20-42(37-30(28)45-13-3-12-43-2)26-7-5-25(6-8-26)40-10-14-44-15-11-40/h4,9,16-18,20-22,25-26H,3,5-8,10-15,19H2,1-2H3,(H,33,34,36)/t22-,25?,26?/m0/s1. The Morgan fingerprint density at radius 1 is 1.04 bits per heavy atom. The van der Waals surface area contributed by atoms with Gasteiger partial charge in [0.2, 0.25) is 5.95 Å². The molecule has 2 fully saturated rings. The van der Waals surface area contributed by atoms with Gasteiger partial charge in [-0.2, -0.15) is 0 Å². The second-order valence-corrected chi connectivity index (χ2v) is 12.1. The van der Waals surface area contributed by atoms with Crippen molar-refractivity contribution in [1.29, 1.82) is 0 Å². The van der Waals surface area contributed by atoms with E-state index in [1.165, 1.54) is 0 Å². The van der Waals surface area contributed by atoms with Crippen molar-refractivity contribution in [2.24, 2.45) is 0 Å². The number of aromatic nitrogens is 8. The van der Waals surface area contributed by atoms with Gasteiger partial charge in [-0.1, -0.05) is 17.7 Å². The predicted molar refractivity (Wildman–Crippen MR) is 172 cm³/mol. The summed E-state index contributed by atoms with van der Waals surface area (Å²) in [5, 5.41) is 19.9. The van der Waals surface area contributed by atoms with E-state index in [0.29, 0.717) is 54.4 Å². The molecule has 4 aromatic rings. The molecular formula is C31H41ClN10O4. The molecule has 0 unspecified atom stereocenters. The highest BCUT2D eigenvalue weighted by molar-refractivity contribution is 6.32. The lowest BCUT2D eigenvalue weighted by atomic mass is 9.90. The van der Waals surface area contributed by atoms with E-state index in [9.17, 15) is 0 Å². The molecule has 3 aromatic heterocycles. The number of benzene rings is 1. The van der Waals surface area contributed by atoms with Crippen molar-refractivity contribution < 1.29 is 18.9 Å². The smallest absolute Gasteiger partial charge is 0.256 e. The first kappa shape index (κ1) is 32.1. The summed E-state index contributed by atoms with van der Waals surface area (Å²) >= 11 is 6.45. The van der Waals surface area contributed by atoms with Gasteiger partial charge in [0.15, 0.2) is 0 Å². The molecule has 246 valence electrons. The second-order valence-electron chi connectivity index (χ2n) is 11.7. The van der Waals surface area contributed by atoms with E-state index in [0.717, 1.165) is 75.2 Å². The molecule has 0 bridgehead atoms. The first-order chi connectivity index (χ1) is 22.6. The van der Waals surface area contributed by atoms with Crippen LogP contribution in [-0.2, 0) is 16.0 Å². The molecule has 0 spiro atoms. The minimum absolute atomic E-state index is 0.203. The monoisotopic (exact) mass is 652 g/mol. The summed E-state index contributed by atoms with van der Waals surface area (Å²) in [5.74, 6) is 1.54. The largest absolute Gasteiger partial charge is 0.487 e. The van der Waals surface area contributed by atoms with Gasteiger partial charge in [-0.15, -0.1) is 10.2 Å². The molecule has 1 saturated heterocycles. The van der Waals surface area contributed by atoms with Crippen LogP contribution in [0.3, 0.4) is 0 Å². The Morgan fingerprint density at radius 3 is 2.57 bits per heavy atom. The number of nitrogens with zero attached hydrogens (tertiary/aromatic N) is 9. The number of tetrazole rings is 1. The van der Waals surface area contributed by atoms with E-state index in [4.69, 9.17) is 35.6 Å². The molecular weight excluding hydrogens is 612 g/mol. The number of hydrogen-bond donors (Lipinski definition) is 1. The Balaban J connectivity index is 1.12. The number of methoxy groups -OCH3 is 1. The number of morpholine rings is 1. The van der Waals surface area contributed by atoms with Gasteiger partial charge in [0, 0.05) is 57.2 Å². The Bertz CT molecular complexity index is 1510. The zero-order valence-corrected chi connectivity index (χ0v) is 27.1. The van der Waals surface area contributed by atoms with E-state index >= 15 is 0 Å². The van der Waals surface area contributed by atoms with E-state index in [2.05, 4.69) is 35.7 Å². The zero-order chi connectivity index (χ0) is 31.7.